The van der Waals surface area contributed by atoms with Gasteiger partial charge in [0.25, 0.3) is 0 Å². The molecule has 3 rings (SSSR count). The summed E-state index contributed by atoms with van der Waals surface area (Å²) in [6.07, 6.45) is 11.5. The Morgan fingerprint density at radius 3 is 2.47 bits per heavy atom. The predicted octanol–water partition coefficient (Wildman–Crippen LogP) is 6.79. The maximum atomic E-state index is 8.02. The van der Waals surface area contributed by atoms with Crippen LogP contribution in [0.3, 0.4) is 0 Å². The molecule has 2 aliphatic rings. The first-order valence-electron chi connectivity index (χ1n) is 11.4. The van der Waals surface area contributed by atoms with Crippen LogP contribution in [0.25, 0.3) is 11.3 Å². The van der Waals surface area contributed by atoms with Gasteiger partial charge in [-0.05, 0) is 89.3 Å². The maximum absolute atomic E-state index is 8.02. The fourth-order valence-electron chi connectivity index (χ4n) is 4.59. The number of hydrogen-bond donors (Lipinski definition) is 2. The lowest BCUT2D eigenvalue weighted by Gasteiger charge is -2.47. The van der Waals surface area contributed by atoms with Gasteiger partial charge in [0, 0.05) is 35.4 Å². The molecule has 0 spiro atoms. The molecule has 1 aromatic rings. The van der Waals surface area contributed by atoms with Gasteiger partial charge in [-0.25, -0.2) is 0 Å². The summed E-state index contributed by atoms with van der Waals surface area (Å²) in [7, 11) is 0. The van der Waals surface area contributed by atoms with Crippen molar-refractivity contribution in [3.8, 4) is 0 Å². The summed E-state index contributed by atoms with van der Waals surface area (Å²) >= 11 is 0. The zero-order chi connectivity index (χ0) is 23.8. The van der Waals surface area contributed by atoms with Crippen LogP contribution in [-0.2, 0) is 12.8 Å². The highest BCUT2D eigenvalue weighted by Crippen LogP contribution is 2.44. The van der Waals surface area contributed by atoms with Crippen LogP contribution < -0.4 is 5.73 Å². The summed E-state index contributed by atoms with van der Waals surface area (Å²) in [5, 5.41) is 8.02. The lowest BCUT2D eigenvalue weighted by Crippen LogP contribution is -2.45. The molecule has 32 heavy (non-hydrogen) atoms. The lowest BCUT2D eigenvalue weighted by molar-refractivity contribution is 0.189. The van der Waals surface area contributed by atoms with E-state index in [2.05, 4.69) is 70.2 Å². The van der Waals surface area contributed by atoms with Gasteiger partial charge in [-0.15, -0.1) is 0 Å². The van der Waals surface area contributed by atoms with E-state index in [1.54, 1.807) is 0 Å². The molecule has 0 saturated carbocycles. The Labute approximate surface area is 193 Å². The summed E-state index contributed by atoms with van der Waals surface area (Å²) in [6.45, 7) is 21.5. The monoisotopic (exact) mass is 427 g/mol. The molecule has 168 valence electrons. The van der Waals surface area contributed by atoms with Crippen molar-refractivity contribution in [2.75, 3.05) is 0 Å². The smallest absolute Gasteiger partial charge is 0.0491 e. The molecule has 3 heteroatoms. The van der Waals surface area contributed by atoms with Crippen molar-refractivity contribution in [3.63, 3.8) is 0 Å². The summed E-state index contributed by atoms with van der Waals surface area (Å²) in [5.74, 6) is 0. The van der Waals surface area contributed by atoms with Crippen LogP contribution in [0.1, 0.15) is 63.8 Å². The molecular formula is C29H37N3. The largest absolute Gasteiger partial charge is 0.402 e. The molecule has 0 saturated heterocycles. The minimum absolute atomic E-state index is 0.0787. The standard InChI is InChI=1S/C29H37N3/c1-9-21-13-25-23(14-24(21)22(16-30)11-10-20(5)31)15-28(29(6,7)8)32-17-26(18(2)3)19(4)12-27(25)32/h10-14,16-17,28,30H,2,4,9,15,31H2,1,3,5-8H3/b20-10+,22-11+,30-16?. The topological polar surface area (TPSA) is 53.1 Å². The molecule has 2 aliphatic heterocycles. The van der Waals surface area contributed by atoms with Gasteiger partial charge in [0.1, 0.15) is 0 Å². The predicted molar refractivity (Wildman–Crippen MR) is 139 cm³/mol. The van der Waals surface area contributed by atoms with E-state index in [0.29, 0.717) is 6.04 Å². The molecule has 0 aromatic heterocycles. The van der Waals surface area contributed by atoms with Crippen LogP contribution in [0, 0.1) is 10.8 Å². The van der Waals surface area contributed by atoms with E-state index >= 15 is 0 Å². The number of rotatable bonds is 5. The molecular weight excluding hydrogens is 390 g/mol. The van der Waals surface area contributed by atoms with Crippen molar-refractivity contribution in [2.24, 2.45) is 11.1 Å². The molecule has 1 unspecified atom stereocenters. The molecule has 3 nitrogen and oxygen atoms in total. The van der Waals surface area contributed by atoms with Crippen LogP contribution in [0.2, 0.25) is 0 Å². The molecule has 0 fully saturated rings. The number of fused-ring (bicyclic) bond motifs is 3. The van der Waals surface area contributed by atoms with Gasteiger partial charge in [-0.3, -0.25) is 0 Å². The molecule has 2 heterocycles. The molecule has 3 N–H and O–H groups in total. The van der Waals surface area contributed by atoms with Crippen molar-refractivity contribution < 1.29 is 0 Å². The number of allylic oxidation sites excluding steroid dienone is 8. The summed E-state index contributed by atoms with van der Waals surface area (Å²) in [5.41, 5.74) is 16.9. The quantitative estimate of drug-likeness (QED) is 0.401. The van der Waals surface area contributed by atoms with Gasteiger partial charge in [0.05, 0.1) is 0 Å². The molecule has 1 atom stereocenters. The van der Waals surface area contributed by atoms with Crippen molar-refractivity contribution in [1.82, 2.24) is 4.90 Å². The molecule has 0 aliphatic carbocycles. The van der Waals surface area contributed by atoms with Gasteiger partial charge in [0.2, 0.25) is 0 Å². The van der Waals surface area contributed by atoms with E-state index in [4.69, 9.17) is 11.1 Å². The van der Waals surface area contributed by atoms with Crippen molar-refractivity contribution >= 4 is 17.5 Å². The average molecular weight is 428 g/mol. The lowest BCUT2D eigenvalue weighted by atomic mass is 9.75. The molecule has 0 radical (unpaired) electrons. The van der Waals surface area contributed by atoms with Crippen molar-refractivity contribution in [3.05, 3.63) is 94.4 Å². The normalized spacial score (nSPS) is 19.1. The van der Waals surface area contributed by atoms with Gasteiger partial charge in [0.15, 0.2) is 0 Å². The van der Waals surface area contributed by atoms with Crippen LogP contribution in [0.15, 0.2) is 72.1 Å². The second-order valence-corrected chi connectivity index (χ2v) is 10.1. The number of aryl methyl sites for hydroxylation is 1. The van der Waals surface area contributed by atoms with E-state index < -0.39 is 0 Å². The Balaban J connectivity index is 2.25. The Morgan fingerprint density at radius 1 is 1.25 bits per heavy atom. The molecule has 1 aromatic carbocycles. The zero-order valence-corrected chi connectivity index (χ0v) is 20.5. The van der Waals surface area contributed by atoms with Crippen LogP contribution >= 0.6 is 0 Å². The highest BCUT2D eigenvalue weighted by molar-refractivity contribution is 6.09. The second kappa shape index (κ2) is 8.82. The van der Waals surface area contributed by atoms with Gasteiger partial charge >= 0.3 is 0 Å². The second-order valence-electron chi connectivity index (χ2n) is 10.1. The van der Waals surface area contributed by atoms with E-state index in [9.17, 15) is 0 Å². The third kappa shape index (κ3) is 4.43. The number of benzene rings is 1. The van der Waals surface area contributed by atoms with E-state index in [1.165, 1.54) is 28.6 Å². The Bertz CT molecular complexity index is 1100. The highest BCUT2D eigenvalue weighted by atomic mass is 15.2. The number of nitrogens with two attached hydrogens (primary N) is 1. The summed E-state index contributed by atoms with van der Waals surface area (Å²) in [6, 6.07) is 4.91. The summed E-state index contributed by atoms with van der Waals surface area (Å²) < 4.78 is 0. The number of nitrogens with one attached hydrogen (secondary N) is 1. The Morgan fingerprint density at radius 2 is 1.94 bits per heavy atom. The highest BCUT2D eigenvalue weighted by Gasteiger charge is 2.38. The Hall–Kier alpha value is -3.07. The van der Waals surface area contributed by atoms with E-state index in [-0.39, 0.29) is 5.41 Å². The first kappa shape index (κ1) is 23.6. The molecule has 0 amide bonds. The minimum atomic E-state index is 0.0787. The van der Waals surface area contributed by atoms with Crippen molar-refractivity contribution in [2.45, 2.75) is 60.4 Å². The third-order valence-corrected chi connectivity index (χ3v) is 6.39. The third-order valence-electron chi connectivity index (χ3n) is 6.39. The van der Waals surface area contributed by atoms with Gasteiger partial charge in [-0.2, -0.15) is 0 Å². The fraction of sp³-hybridized carbons (Fsp3) is 0.345. The average Bonchev–Trinajstić information content (AvgIpc) is 2.71. The molecule has 0 bridgehead atoms. The van der Waals surface area contributed by atoms with Crippen LogP contribution in [-0.4, -0.2) is 17.2 Å². The fourth-order valence-corrected chi connectivity index (χ4v) is 4.59. The van der Waals surface area contributed by atoms with Gasteiger partial charge < -0.3 is 16.0 Å². The van der Waals surface area contributed by atoms with E-state index in [1.807, 2.05) is 26.0 Å². The maximum Gasteiger partial charge on any atom is 0.0491 e. The number of hydrogen-bond acceptors (Lipinski definition) is 3. The minimum Gasteiger partial charge on any atom is -0.402 e. The van der Waals surface area contributed by atoms with Crippen LogP contribution in [0.5, 0.6) is 0 Å². The van der Waals surface area contributed by atoms with E-state index in [0.717, 1.165) is 46.4 Å². The Kier molecular flexibility index (Phi) is 6.50. The van der Waals surface area contributed by atoms with Gasteiger partial charge in [-0.1, -0.05) is 53.0 Å². The van der Waals surface area contributed by atoms with Crippen LogP contribution in [0.4, 0.5) is 0 Å². The van der Waals surface area contributed by atoms with Crippen molar-refractivity contribution in [1.29, 1.82) is 5.41 Å². The SMILES string of the molecule is C=C(C)C1=CN2C(=CC1=C)c1cc(CC)c(/C(C=N)=C/C=C(\C)N)cc1CC2C(C)(C)C. The first-order chi connectivity index (χ1) is 15.0. The zero-order valence-electron chi connectivity index (χ0n) is 20.5. The number of nitrogens with zero attached hydrogens (tertiary/aromatic N) is 1. The summed E-state index contributed by atoms with van der Waals surface area (Å²) in [4.78, 5) is 2.44. The first-order valence-corrected chi connectivity index (χ1v) is 11.4.